The van der Waals surface area contributed by atoms with E-state index in [-0.39, 0.29) is 5.91 Å². The summed E-state index contributed by atoms with van der Waals surface area (Å²) in [7, 11) is 3.22. The van der Waals surface area contributed by atoms with Gasteiger partial charge < -0.3 is 9.64 Å². The molecule has 0 saturated heterocycles. The van der Waals surface area contributed by atoms with Gasteiger partial charge in [-0.3, -0.25) is 9.89 Å². The minimum absolute atomic E-state index is 0.137. The molecule has 2 aromatic rings. The first-order valence-electron chi connectivity index (χ1n) is 5.30. The fraction of sp³-hybridized carbons (Fsp3) is 0.273. The van der Waals surface area contributed by atoms with Gasteiger partial charge in [0.25, 0.3) is 5.91 Å². The molecule has 0 aliphatic rings. The van der Waals surface area contributed by atoms with E-state index in [1.807, 2.05) is 0 Å². The number of rotatable bonds is 4. The second-order valence-corrected chi connectivity index (χ2v) is 3.68. The molecule has 0 atom stereocenters. The van der Waals surface area contributed by atoms with Crippen molar-refractivity contribution in [1.82, 2.24) is 25.1 Å². The second kappa shape index (κ2) is 5.26. The quantitative estimate of drug-likeness (QED) is 0.849. The van der Waals surface area contributed by atoms with Crippen LogP contribution in [0.2, 0.25) is 0 Å². The number of pyridine rings is 1. The van der Waals surface area contributed by atoms with Gasteiger partial charge in [0.05, 0.1) is 19.2 Å². The Morgan fingerprint density at radius 1 is 1.44 bits per heavy atom. The summed E-state index contributed by atoms with van der Waals surface area (Å²) >= 11 is 0. The molecule has 1 amide bonds. The lowest BCUT2D eigenvalue weighted by Gasteiger charge is -2.15. The molecule has 0 aromatic carbocycles. The van der Waals surface area contributed by atoms with Gasteiger partial charge in [0, 0.05) is 19.3 Å². The Hall–Kier alpha value is -2.44. The third-order valence-corrected chi connectivity index (χ3v) is 2.39. The minimum Gasteiger partial charge on any atom is -0.481 e. The molecule has 7 heteroatoms. The van der Waals surface area contributed by atoms with Crippen molar-refractivity contribution in [3.63, 3.8) is 0 Å². The van der Waals surface area contributed by atoms with Gasteiger partial charge in [0.1, 0.15) is 12.2 Å². The molecule has 94 valence electrons. The van der Waals surface area contributed by atoms with Gasteiger partial charge in [-0.05, 0) is 6.07 Å². The molecule has 2 heterocycles. The molecule has 0 unspecified atom stereocenters. The van der Waals surface area contributed by atoms with Crippen molar-refractivity contribution in [3.05, 3.63) is 36.0 Å². The van der Waals surface area contributed by atoms with Gasteiger partial charge in [-0.15, -0.1) is 0 Å². The molecule has 2 rings (SSSR count). The maximum Gasteiger partial charge on any atom is 0.255 e. The number of carbonyl (C=O) groups is 1. The Morgan fingerprint density at radius 3 is 2.83 bits per heavy atom. The average Bonchev–Trinajstić information content (AvgIpc) is 2.91. The van der Waals surface area contributed by atoms with Crippen molar-refractivity contribution < 1.29 is 9.53 Å². The number of H-pyrrole nitrogens is 1. The topological polar surface area (TPSA) is 84.0 Å². The monoisotopic (exact) mass is 247 g/mol. The molecule has 1 N–H and O–H groups in total. The third kappa shape index (κ3) is 2.62. The van der Waals surface area contributed by atoms with E-state index in [0.717, 1.165) is 0 Å². The van der Waals surface area contributed by atoms with Crippen LogP contribution in [0.4, 0.5) is 0 Å². The van der Waals surface area contributed by atoms with Gasteiger partial charge >= 0.3 is 0 Å². The second-order valence-electron chi connectivity index (χ2n) is 3.68. The smallest absolute Gasteiger partial charge is 0.255 e. The van der Waals surface area contributed by atoms with Gasteiger partial charge in [0.2, 0.25) is 5.88 Å². The highest BCUT2D eigenvalue weighted by molar-refractivity contribution is 5.93. The first-order valence-corrected chi connectivity index (χ1v) is 5.30. The van der Waals surface area contributed by atoms with E-state index in [4.69, 9.17) is 4.74 Å². The molecule has 0 fully saturated rings. The fourth-order valence-electron chi connectivity index (χ4n) is 1.45. The number of hydrogen-bond acceptors (Lipinski definition) is 5. The molecule has 0 saturated carbocycles. The standard InChI is InChI=1S/C11H13N5O2/c1-16(6-9-13-7-14-15-9)11(17)8-3-4-10(18-2)12-5-8/h3-5,7H,6H2,1-2H3,(H,13,14,15). The van der Waals surface area contributed by atoms with E-state index in [9.17, 15) is 4.79 Å². The molecule has 18 heavy (non-hydrogen) atoms. The van der Waals surface area contributed by atoms with Crippen LogP contribution in [0, 0.1) is 0 Å². The Bertz CT molecular complexity index is 509. The Labute approximate surface area is 104 Å². The summed E-state index contributed by atoms with van der Waals surface area (Å²) in [6, 6.07) is 3.32. The molecule has 0 aliphatic carbocycles. The van der Waals surface area contributed by atoms with Crippen LogP contribution < -0.4 is 4.74 Å². The maximum atomic E-state index is 12.1. The third-order valence-electron chi connectivity index (χ3n) is 2.39. The molecule has 0 aliphatic heterocycles. The largest absolute Gasteiger partial charge is 0.481 e. The lowest BCUT2D eigenvalue weighted by molar-refractivity contribution is 0.0781. The van der Waals surface area contributed by atoms with E-state index in [0.29, 0.717) is 23.8 Å². The number of amides is 1. The lowest BCUT2D eigenvalue weighted by Crippen LogP contribution is -2.26. The summed E-state index contributed by atoms with van der Waals surface area (Å²) in [5.74, 6) is 0.971. The number of methoxy groups -OCH3 is 1. The highest BCUT2D eigenvalue weighted by atomic mass is 16.5. The first-order chi connectivity index (χ1) is 8.70. The van der Waals surface area contributed by atoms with Crippen LogP contribution in [0.15, 0.2) is 24.7 Å². The number of aromatic amines is 1. The lowest BCUT2D eigenvalue weighted by atomic mass is 10.2. The molecule has 7 nitrogen and oxygen atoms in total. The zero-order valence-corrected chi connectivity index (χ0v) is 10.1. The number of ether oxygens (including phenoxy) is 1. The molecule has 2 aromatic heterocycles. The van der Waals surface area contributed by atoms with Crippen LogP contribution in [-0.2, 0) is 6.54 Å². The van der Waals surface area contributed by atoms with Crippen molar-refractivity contribution in [2.75, 3.05) is 14.2 Å². The van der Waals surface area contributed by atoms with Crippen LogP contribution in [0.1, 0.15) is 16.2 Å². The fourth-order valence-corrected chi connectivity index (χ4v) is 1.45. The molecular formula is C11H13N5O2. The van der Waals surface area contributed by atoms with Crippen LogP contribution in [-0.4, -0.2) is 45.1 Å². The number of nitrogens with one attached hydrogen (secondary N) is 1. The van der Waals surface area contributed by atoms with E-state index in [2.05, 4.69) is 20.2 Å². The molecule has 0 spiro atoms. The van der Waals surface area contributed by atoms with E-state index >= 15 is 0 Å². The van der Waals surface area contributed by atoms with E-state index in [1.54, 1.807) is 19.2 Å². The first kappa shape index (κ1) is 12.0. The van der Waals surface area contributed by atoms with Crippen molar-refractivity contribution in [1.29, 1.82) is 0 Å². The molecule has 0 bridgehead atoms. The van der Waals surface area contributed by atoms with Crippen LogP contribution in [0.5, 0.6) is 5.88 Å². The Morgan fingerprint density at radius 2 is 2.28 bits per heavy atom. The zero-order chi connectivity index (χ0) is 13.0. The summed E-state index contributed by atoms with van der Waals surface area (Å²) in [5.41, 5.74) is 0.498. The summed E-state index contributed by atoms with van der Waals surface area (Å²) in [4.78, 5) is 21.5. The highest BCUT2D eigenvalue weighted by Crippen LogP contribution is 2.09. The van der Waals surface area contributed by atoms with E-state index in [1.165, 1.54) is 24.5 Å². The zero-order valence-electron chi connectivity index (χ0n) is 10.1. The number of aromatic nitrogens is 4. The van der Waals surface area contributed by atoms with Crippen molar-refractivity contribution in [2.24, 2.45) is 0 Å². The Balaban J connectivity index is 2.05. The van der Waals surface area contributed by atoms with Crippen LogP contribution in [0.25, 0.3) is 0 Å². The summed E-state index contributed by atoms with van der Waals surface area (Å²) < 4.78 is 4.94. The predicted molar refractivity (Wildman–Crippen MR) is 63.0 cm³/mol. The van der Waals surface area contributed by atoms with Crippen molar-refractivity contribution in [2.45, 2.75) is 6.54 Å². The van der Waals surface area contributed by atoms with Gasteiger partial charge in [-0.1, -0.05) is 0 Å². The number of carbonyl (C=O) groups excluding carboxylic acids is 1. The Kier molecular flexibility index (Phi) is 3.52. The van der Waals surface area contributed by atoms with Crippen LogP contribution >= 0.6 is 0 Å². The molecular weight excluding hydrogens is 234 g/mol. The summed E-state index contributed by atoms with van der Waals surface area (Å²) in [6.07, 6.45) is 2.89. The normalized spacial score (nSPS) is 10.1. The number of nitrogens with zero attached hydrogens (tertiary/aromatic N) is 4. The SMILES string of the molecule is COc1ccc(C(=O)N(C)Cc2ncn[nH]2)cn1. The maximum absolute atomic E-state index is 12.1. The van der Waals surface area contributed by atoms with Crippen molar-refractivity contribution in [3.8, 4) is 5.88 Å². The van der Waals surface area contributed by atoms with Gasteiger partial charge in [0.15, 0.2) is 0 Å². The van der Waals surface area contributed by atoms with Gasteiger partial charge in [-0.2, -0.15) is 5.10 Å². The van der Waals surface area contributed by atoms with Crippen LogP contribution in [0.3, 0.4) is 0 Å². The highest BCUT2D eigenvalue weighted by Gasteiger charge is 2.13. The molecule has 0 radical (unpaired) electrons. The van der Waals surface area contributed by atoms with Crippen molar-refractivity contribution >= 4 is 5.91 Å². The average molecular weight is 247 g/mol. The number of hydrogen-bond donors (Lipinski definition) is 1. The summed E-state index contributed by atoms with van der Waals surface area (Å²) in [6.45, 7) is 0.366. The predicted octanol–water partition coefficient (Wildman–Crippen LogP) is 0.480. The van der Waals surface area contributed by atoms with E-state index < -0.39 is 0 Å². The summed E-state index contributed by atoms with van der Waals surface area (Å²) in [5, 5.41) is 6.43. The minimum atomic E-state index is -0.137. The van der Waals surface area contributed by atoms with Gasteiger partial charge in [-0.25, -0.2) is 9.97 Å².